The maximum atomic E-state index is 11.7. The summed E-state index contributed by atoms with van der Waals surface area (Å²) in [5.74, 6) is 4.54. The van der Waals surface area contributed by atoms with Gasteiger partial charge in [0, 0.05) is 5.56 Å². The third-order valence-electron chi connectivity index (χ3n) is 1.57. The number of halogens is 3. The minimum absolute atomic E-state index is 0.611. The molecule has 0 spiro atoms. The molecular weight excluding hydrogens is 189 g/mol. The van der Waals surface area contributed by atoms with Crippen LogP contribution < -0.4 is 0 Å². The van der Waals surface area contributed by atoms with E-state index in [-0.39, 0.29) is 0 Å². The smallest absolute Gasteiger partial charge is 0.170 e. The Morgan fingerprint density at radius 1 is 1.14 bits per heavy atom. The van der Waals surface area contributed by atoms with E-state index in [2.05, 4.69) is 11.8 Å². The fourth-order valence-corrected chi connectivity index (χ4v) is 0.883. The zero-order valence-electron chi connectivity index (χ0n) is 7.65. The fraction of sp³-hybridized carbons (Fsp3) is 0.273. The van der Waals surface area contributed by atoms with E-state index in [1.807, 2.05) is 19.1 Å². The van der Waals surface area contributed by atoms with Crippen molar-refractivity contribution in [3.63, 3.8) is 0 Å². The standard InChI is InChI=1S/C11H9F3/c1-9-4-6-10(7-5-9)3-2-8-11(12,13)14/h4-7H,8H2,1H3. The van der Waals surface area contributed by atoms with Crippen molar-refractivity contribution >= 4 is 0 Å². The Morgan fingerprint density at radius 2 is 1.71 bits per heavy atom. The van der Waals surface area contributed by atoms with Crippen LogP contribution in [0, 0.1) is 18.8 Å². The van der Waals surface area contributed by atoms with Gasteiger partial charge >= 0.3 is 6.18 Å². The normalized spacial score (nSPS) is 10.6. The molecule has 0 aromatic heterocycles. The fourth-order valence-electron chi connectivity index (χ4n) is 0.883. The molecule has 0 bridgehead atoms. The largest absolute Gasteiger partial charge is 0.399 e. The van der Waals surface area contributed by atoms with Gasteiger partial charge in [0.05, 0.1) is 0 Å². The highest BCUT2D eigenvalue weighted by Gasteiger charge is 2.25. The second-order valence-electron chi connectivity index (χ2n) is 2.96. The zero-order chi connectivity index (χ0) is 10.6. The van der Waals surface area contributed by atoms with Gasteiger partial charge in [-0.05, 0) is 19.1 Å². The second-order valence-corrected chi connectivity index (χ2v) is 2.96. The van der Waals surface area contributed by atoms with E-state index in [9.17, 15) is 13.2 Å². The SMILES string of the molecule is Cc1ccc(C#CCC(F)(F)F)cc1. The summed E-state index contributed by atoms with van der Waals surface area (Å²) in [7, 11) is 0. The van der Waals surface area contributed by atoms with Crippen LogP contribution in [0.5, 0.6) is 0 Å². The molecule has 0 radical (unpaired) electrons. The minimum atomic E-state index is -4.20. The first kappa shape index (κ1) is 10.6. The summed E-state index contributed by atoms with van der Waals surface area (Å²) in [6.45, 7) is 1.91. The molecule has 1 aromatic carbocycles. The lowest BCUT2D eigenvalue weighted by Gasteiger charge is -1.97. The van der Waals surface area contributed by atoms with E-state index in [1.165, 1.54) is 0 Å². The van der Waals surface area contributed by atoms with E-state index in [1.54, 1.807) is 12.1 Å². The molecule has 0 atom stereocenters. The Hall–Kier alpha value is -1.43. The van der Waals surface area contributed by atoms with Crippen LogP contribution in [-0.4, -0.2) is 6.18 Å². The van der Waals surface area contributed by atoms with Crippen LogP contribution in [0.4, 0.5) is 13.2 Å². The van der Waals surface area contributed by atoms with E-state index in [0.29, 0.717) is 5.56 Å². The lowest BCUT2D eigenvalue weighted by Crippen LogP contribution is -2.04. The molecule has 74 valence electrons. The van der Waals surface area contributed by atoms with Crippen molar-refractivity contribution in [2.45, 2.75) is 19.5 Å². The van der Waals surface area contributed by atoms with Crippen LogP contribution in [0.2, 0.25) is 0 Å². The van der Waals surface area contributed by atoms with Crippen LogP contribution in [0.25, 0.3) is 0 Å². The van der Waals surface area contributed by atoms with E-state index >= 15 is 0 Å². The highest BCUT2D eigenvalue weighted by molar-refractivity contribution is 5.35. The zero-order valence-corrected chi connectivity index (χ0v) is 7.65. The van der Waals surface area contributed by atoms with Gasteiger partial charge in [0.2, 0.25) is 0 Å². The molecular formula is C11H9F3. The average molecular weight is 198 g/mol. The second kappa shape index (κ2) is 4.19. The Bertz CT molecular complexity index is 349. The summed E-state index contributed by atoms with van der Waals surface area (Å²) in [5, 5.41) is 0. The number of rotatable bonds is 0. The molecule has 0 heterocycles. The number of benzene rings is 1. The topological polar surface area (TPSA) is 0 Å². The minimum Gasteiger partial charge on any atom is -0.170 e. The van der Waals surface area contributed by atoms with Crippen LogP contribution in [0.1, 0.15) is 17.5 Å². The van der Waals surface area contributed by atoms with Crippen molar-refractivity contribution in [3.8, 4) is 11.8 Å². The maximum Gasteiger partial charge on any atom is 0.399 e. The summed E-state index contributed by atoms with van der Waals surface area (Å²) in [5.41, 5.74) is 1.67. The summed E-state index contributed by atoms with van der Waals surface area (Å²) < 4.78 is 35.2. The van der Waals surface area contributed by atoms with E-state index in [0.717, 1.165) is 5.56 Å². The van der Waals surface area contributed by atoms with Crippen molar-refractivity contribution in [2.75, 3.05) is 0 Å². The maximum absolute atomic E-state index is 11.7. The van der Waals surface area contributed by atoms with Crippen LogP contribution >= 0.6 is 0 Å². The van der Waals surface area contributed by atoms with Crippen LogP contribution in [-0.2, 0) is 0 Å². The van der Waals surface area contributed by atoms with Gasteiger partial charge in [0.25, 0.3) is 0 Å². The Labute approximate surface area is 80.8 Å². The molecule has 3 heteroatoms. The van der Waals surface area contributed by atoms with Gasteiger partial charge in [-0.2, -0.15) is 13.2 Å². The van der Waals surface area contributed by atoms with Gasteiger partial charge in [-0.15, -0.1) is 0 Å². The van der Waals surface area contributed by atoms with E-state index < -0.39 is 12.6 Å². The van der Waals surface area contributed by atoms with Crippen molar-refractivity contribution in [3.05, 3.63) is 35.4 Å². The molecule has 0 aliphatic rings. The molecule has 0 saturated carbocycles. The first-order valence-electron chi connectivity index (χ1n) is 4.10. The van der Waals surface area contributed by atoms with Crippen molar-refractivity contribution < 1.29 is 13.2 Å². The van der Waals surface area contributed by atoms with Gasteiger partial charge < -0.3 is 0 Å². The highest BCUT2D eigenvalue weighted by Crippen LogP contribution is 2.18. The molecule has 14 heavy (non-hydrogen) atoms. The van der Waals surface area contributed by atoms with Gasteiger partial charge in [0.15, 0.2) is 0 Å². The van der Waals surface area contributed by atoms with Gasteiger partial charge in [0.1, 0.15) is 6.42 Å². The molecule has 0 amide bonds. The molecule has 1 aromatic rings. The lowest BCUT2D eigenvalue weighted by atomic mass is 10.1. The first-order chi connectivity index (χ1) is 6.47. The quantitative estimate of drug-likeness (QED) is 0.561. The third kappa shape index (κ3) is 3.99. The predicted molar refractivity (Wildman–Crippen MR) is 48.7 cm³/mol. The van der Waals surface area contributed by atoms with Gasteiger partial charge in [-0.3, -0.25) is 0 Å². The Balaban J connectivity index is 2.64. The molecule has 0 saturated heterocycles. The molecule has 0 N–H and O–H groups in total. The van der Waals surface area contributed by atoms with Crippen molar-refractivity contribution in [1.29, 1.82) is 0 Å². The van der Waals surface area contributed by atoms with Gasteiger partial charge in [-0.1, -0.05) is 29.5 Å². The molecule has 0 unspecified atom stereocenters. The summed E-state index contributed by atoms with van der Waals surface area (Å²) in [6, 6.07) is 7.05. The number of hydrogen-bond donors (Lipinski definition) is 0. The summed E-state index contributed by atoms with van der Waals surface area (Å²) >= 11 is 0. The molecule has 1 rings (SSSR count). The van der Waals surface area contributed by atoms with Crippen LogP contribution in [0.3, 0.4) is 0 Å². The number of aryl methyl sites for hydroxylation is 1. The molecule has 0 nitrogen and oxygen atoms in total. The van der Waals surface area contributed by atoms with E-state index in [4.69, 9.17) is 0 Å². The number of hydrogen-bond acceptors (Lipinski definition) is 0. The highest BCUT2D eigenvalue weighted by atomic mass is 19.4. The molecule has 0 aliphatic heterocycles. The average Bonchev–Trinajstić information content (AvgIpc) is 2.06. The van der Waals surface area contributed by atoms with Crippen LogP contribution in [0.15, 0.2) is 24.3 Å². The third-order valence-corrected chi connectivity index (χ3v) is 1.57. The van der Waals surface area contributed by atoms with Gasteiger partial charge in [-0.25, -0.2) is 0 Å². The van der Waals surface area contributed by atoms with Crippen molar-refractivity contribution in [1.82, 2.24) is 0 Å². The lowest BCUT2D eigenvalue weighted by molar-refractivity contribution is -0.123. The summed E-state index contributed by atoms with van der Waals surface area (Å²) in [6.07, 6.45) is -5.25. The Kier molecular flexibility index (Phi) is 3.19. The monoisotopic (exact) mass is 198 g/mol. The molecule has 0 fully saturated rings. The van der Waals surface area contributed by atoms with Crippen molar-refractivity contribution in [2.24, 2.45) is 0 Å². The number of alkyl halides is 3. The predicted octanol–water partition coefficient (Wildman–Crippen LogP) is 3.30. The summed E-state index contributed by atoms with van der Waals surface area (Å²) in [4.78, 5) is 0. The first-order valence-corrected chi connectivity index (χ1v) is 4.10. The molecule has 0 aliphatic carbocycles. The Morgan fingerprint density at radius 3 is 2.21 bits per heavy atom.